The van der Waals surface area contributed by atoms with Crippen molar-refractivity contribution in [1.29, 1.82) is 0 Å². The van der Waals surface area contributed by atoms with Crippen LogP contribution >= 0.6 is 0 Å². The molecule has 62 heavy (non-hydrogen) atoms. The highest BCUT2D eigenvalue weighted by Gasteiger charge is 2.45. The molecule has 2 bridgehead atoms. The molecule has 0 radical (unpaired) electrons. The van der Waals surface area contributed by atoms with Gasteiger partial charge in [-0.05, 0) is 134 Å². The topological polar surface area (TPSA) is 124 Å². The Balaban J connectivity index is 1.02. The molecule has 0 fully saturated rings. The van der Waals surface area contributed by atoms with E-state index in [0.29, 0.717) is 60.6 Å². The summed E-state index contributed by atoms with van der Waals surface area (Å²) in [4.78, 5) is 49.9. The molecule has 0 spiro atoms. The fourth-order valence-electron chi connectivity index (χ4n) is 8.05. The Hall–Kier alpha value is -6.94. The van der Waals surface area contributed by atoms with Gasteiger partial charge in [-0.3, -0.25) is 0 Å². The summed E-state index contributed by atoms with van der Waals surface area (Å²) < 4.78 is 34.3. The summed E-state index contributed by atoms with van der Waals surface area (Å²) in [5.41, 5.74) is 6.80. The quantitative estimate of drug-likeness (QED) is 0.0282. The molecule has 0 saturated carbocycles. The van der Waals surface area contributed by atoms with Crippen molar-refractivity contribution < 1.29 is 47.6 Å². The SMILES string of the molecule is C=CC(=O)OCCCCCCOc1ccc(C(=O)Oc2ccc(OC(=O)c3ccc(OCCCCCCOC(=O)C=C)cc3)c3c2C2c4ccccc4C3c3ccccc32)cc1. The molecule has 0 atom stereocenters. The van der Waals surface area contributed by atoms with Gasteiger partial charge in [0, 0.05) is 35.1 Å². The largest absolute Gasteiger partial charge is 0.494 e. The van der Waals surface area contributed by atoms with Gasteiger partial charge in [-0.15, -0.1) is 0 Å². The molecule has 8 rings (SSSR count). The van der Waals surface area contributed by atoms with E-state index in [0.717, 1.165) is 96.9 Å². The van der Waals surface area contributed by atoms with Gasteiger partial charge in [0.15, 0.2) is 0 Å². The van der Waals surface area contributed by atoms with Gasteiger partial charge in [-0.2, -0.15) is 0 Å². The molecule has 3 aliphatic carbocycles. The highest BCUT2D eigenvalue weighted by molar-refractivity contribution is 5.93. The standard InChI is InChI=1S/C52H50O10/c1-3-45(53)59-33-15-7-5-13-31-57-37-25-21-35(22-26-37)51(55)61-43-29-30-44(50-48-41-19-11-9-17-39(41)47(49(43)50)40-18-10-12-20-42(40)48)62-52(56)36-23-27-38(28-24-36)58-32-14-6-8-16-34-60-46(54)4-2/h3-4,9-12,17-30,47-48H,1-2,5-8,13-16,31-34H2. The van der Waals surface area contributed by atoms with E-state index in [9.17, 15) is 19.2 Å². The molecule has 0 saturated heterocycles. The van der Waals surface area contributed by atoms with Gasteiger partial charge in [-0.1, -0.05) is 61.7 Å². The predicted octanol–water partition coefficient (Wildman–Crippen LogP) is 10.4. The van der Waals surface area contributed by atoms with Crippen LogP contribution in [0.5, 0.6) is 23.0 Å². The van der Waals surface area contributed by atoms with Gasteiger partial charge in [0.05, 0.1) is 37.6 Å². The lowest BCUT2D eigenvalue weighted by Crippen LogP contribution is -2.29. The van der Waals surface area contributed by atoms with E-state index in [4.69, 9.17) is 28.4 Å². The first kappa shape index (κ1) is 43.2. The molecule has 0 aliphatic heterocycles. The number of carbonyl (C=O) groups excluding carboxylic acids is 4. The number of hydrogen-bond donors (Lipinski definition) is 0. The second-order valence-electron chi connectivity index (χ2n) is 15.1. The third kappa shape index (κ3) is 10.3. The minimum absolute atomic E-state index is 0.256. The molecule has 10 heteroatoms. The Morgan fingerprint density at radius 3 is 1.11 bits per heavy atom. The Labute approximate surface area is 362 Å². The molecule has 5 aromatic rings. The number of unbranched alkanes of at least 4 members (excludes halogenated alkanes) is 6. The third-order valence-electron chi connectivity index (χ3n) is 11.0. The number of hydrogen-bond acceptors (Lipinski definition) is 10. The average Bonchev–Trinajstić information content (AvgIpc) is 3.31. The van der Waals surface area contributed by atoms with E-state index in [1.807, 2.05) is 24.3 Å². The van der Waals surface area contributed by atoms with Crippen LogP contribution in [0.3, 0.4) is 0 Å². The summed E-state index contributed by atoms with van der Waals surface area (Å²) in [6.45, 7) is 8.58. The van der Waals surface area contributed by atoms with E-state index in [1.165, 1.54) is 0 Å². The molecular formula is C52H50O10. The minimum atomic E-state index is -0.516. The van der Waals surface area contributed by atoms with Crippen LogP contribution in [0.15, 0.2) is 135 Å². The lowest BCUT2D eigenvalue weighted by atomic mass is 9.60. The van der Waals surface area contributed by atoms with Crippen LogP contribution in [0.2, 0.25) is 0 Å². The van der Waals surface area contributed by atoms with Gasteiger partial charge in [0.2, 0.25) is 0 Å². The number of rotatable bonds is 22. The minimum Gasteiger partial charge on any atom is -0.494 e. The molecule has 0 unspecified atom stereocenters. The number of carbonyl (C=O) groups is 4. The fraction of sp³-hybridized carbons (Fsp3) is 0.269. The van der Waals surface area contributed by atoms with Gasteiger partial charge in [0.25, 0.3) is 0 Å². The first-order valence-electron chi connectivity index (χ1n) is 21.2. The van der Waals surface area contributed by atoms with Crippen molar-refractivity contribution in [1.82, 2.24) is 0 Å². The molecule has 5 aromatic carbocycles. The zero-order chi connectivity index (χ0) is 43.3. The van der Waals surface area contributed by atoms with Crippen LogP contribution < -0.4 is 18.9 Å². The Morgan fingerprint density at radius 2 is 0.774 bits per heavy atom. The summed E-state index contributed by atoms with van der Waals surface area (Å²) in [6, 6.07) is 33.8. The van der Waals surface area contributed by atoms with E-state index < -0.39 is 23.9 Å². The van der Waals surface area contributed by atoms with Gasteiger partial charge in [-0.25, -0.2) is 19.2 Å². The average molecular weight is 835 g/mol. The summed E-state index contributed by atoms with van der Waals surface area (Å²) in [5.74, 6) is -0.264. The molecule has 0 amide bonds. The number of ether oxygens (including phenoxy) is 6. The third-order valence-corrected chi connectivity index (χ3v) is 11.0. The van der Waals surface area contributed by atoms with Crippen LogP contribution in [-0.4, -0.2) is 50.3 Å². The van der Waals surface area contributed by atoms with Crippen molar-refractivity contribution >= 4 is 23.9 Å². The maximum Gasteiger partial charge on any atom is 0.343 e. The highest BCUT2D eigenvalue weighted by atomic mass is 16.5. The van der Waals surface area contributed by atoms with Crippen molar-refractivity contribution in [3.63, 3.8) is 0 Å². The van der Waals surface area contributed by atoms with E-state index in [2.05, 4.69) is 37.4 Å². The summed E-state index contributed by atoms with van der Waals surface area (Å²) in [7, 11) is 0. The van der Waals surface area contributed by atoms with Crippen molar-refractivity contribution in [2.75, 3.05) is 26.4 Å². The molecule has 0 heterocycles. The lowest BCUT2D eigenvalue weighted by molar-refractivity contribution is -0.138. The number of esters is 4. The lowest BCUT2D eigenvalue weighted by Gasteiger charge is -2.43. The maximum absolute atomic E-state index is 13.8. The van der Waals surface area contributed by atoms with Crippen LogP contribution in [0.4, 0.5) is 0 Å². The Kier molecular flexibility index (Phi) is 14.6. The first-order valence-corrected chi connectivity index (χ1v) is 21.2. The Bertz CT molecular complexity index is 2180. The van der Waals surface area contributed by atoms with Crippen LogP contribution in [-0.2, 0) is 19.1 Å². The first-order chi connectivity index (χ1) is 30.4. The van der Waals surface area contributed by atoms with E-state index in [-0.39, 0.29) is 11.8 Å². The molecule has 0 aromatic heterocycles. The normalized spacial score (nSPS) is 14.0. The monoisotopic (exact) mass is 834 g/mol. The van der Waals surface area contributed by atoms with Crippen LogP contribution in [0.1, 0.15) is 117 Å². The maximum atomic E-state index is 13.8. The zero-order valence-electron chi connectivity index (χ0n) is 34.7. The van der Waals surface area contributed by atoms with Crippen molar-refractivity contribution in [2.24, 2.45) is 0 Å². The Morgan fingerprint density at radius 1 is 0.435 bits per heavy atom. The molecule has 0 N–H and O–H groups in total. The van der Waals surface area contributed by atoms with E-state index >= 15 is 0 Å². The second kappa shape index (κ2) is 21.0. The molecular weight excluding hydrogens is 785 g/mol. The second-order valence-corrected chi connectivity index (χ2v) is 15.1. The summed E-state index contributed by atoms with van der Waals surface area (Å²) in [6.07, 6.45) is 9.26. The smallest absolute Gasteiger partial charge is 0.343 e. The van der Waals surface area contributed by atoms with Gasteiger partial charge >= 0.3 is 23.9 Å². The van der Waals surface area contributed by atoms with Gasteiger partial charge in [0.1, 0.15) is 23.0 Å². The van der Waals surface area contributed by atoms with Crippen LogP contribution in [0.25, 0.3) is 0 Å². The molecule has 3 aliphatic rings. The molecule has 318 valence electrons. The fourth-order valence-corrected chi connectivity index (χ4v) is 8.05. The molecule has 10 nitrogen and oxygen atoms in total. The highest BCUT2D eigenvalue weighted by Crippen LogP contribution is 2.60. The summed E-state index contributed by atoms with van der Waals surface area (Å²) >= 11 is 0. The van der Waals surface area contributed by atoms with Crippen molar-refractivity contribution in [3.05, 3.63) is 179 Å². The zero-order valence-corrected chi connectivity index (χ0v) is 34.7. The van der Waals surface area contributed by atoms with Crippen molar-refractivity contribution in [3.8, 4) is 23.0 Å². The predicted molar refractivity (Wildman–Crippen MR) is 234 cm³/mol. The summed E-state index contributed by atoms with van der Waals surface area (Å²) in [5, 5.41) is 0. The van der Waals surface area contributed by atoms with E-state index in [1.54, 1.807) is 60.7 Å². The van der Waals surface area contributed by atoms with Crippen LogP contribution in [0, 0.1) is 0 Å². The van der Waals surface area contributed by atoms with Crippen molar-refractivity contribution in [2.45, 2.75) is 63.2 Å². The number of benzene rings is 5. The van der Waals surface area contributed by atoms with Gasteiger partial charge < -0.3 is 28.4 Å².